The molecule has 1 heterocycles. The van der Waals surface area contributed by atoms with Gasteiger partial charge in [0.25, 0.3) is 0 Å². The fraction of sp³-hybridized carbons (Fsp3) is 0.241. The van der Waals surface area contributed by atoms with Crippen LogP contribution in [0.2, 0.25) is 5.02 Å². The molecule has 186 valence electrons. The van der Waals surface area contributed by atoms with Gasteiger partial charge in [-0.1, -0.05) is 59.6 Å². The number of halogens is 2. The smallest absolute Gasteiger partial charge is 0.234 e. The lowest BCUT2D eigenvalue weighted by molar-refractivity contribution is -0.140. The molecule has 2 aromatic rings. The zero-order valence-corrected chi connectivity index (χ0v) is 21.8. The van der Waals surface area contributed by atoms with Gasteiger partial charge in [-0.15, -0.1) is 0 Å². The van der Waals surface area contributed by atoms with Crippen molar-refractivity contribution in [2.75, 3.05) is 0 Å². The first kappa shape index (κ1) is 24.1. The van der Waals surface area contributed by atoms with Crippen LogP contribution in [0.4, 0.5) is 0 Å². The van der Waals surface area contributed by atoms with Crippen molar-refractivity contribution < 1.29 is 24.3 Å². The average molecular weight is 579 g/mol. The molecule has 6 rings (SSSR count). The van der Waals surface area contributed by atoms with Crippen LogP contribution in [-0.2, 0) is 25.7 Å². The predicted octanol–water partition coefficient (Wildman–Crippen LogP) is 5.01. The monoisotopic (exact) mass is 577 g/mol. The number of hydrogen-bond donors (Lipinski definition) is 1. The molecule has 0 bridgehead atoms. The third kappa shape index (κ3) is 3.75. The molecular formula is C29H21BrClNO5. The van der Waals surface area contributed by atoms with E-state index in [1.807, 2.05) is 36.4 Å². The average Bonchev–Trinajstić information content (AvgIpc) is 3.12. The lowest BCUT2D eigenvalue weighted by Gasteiger charge is -2.42. The van der Waals surface area contributed by atoms with Crippen molar-refractivity contribution in [3.05, 3.63) is 98.0 Å². The molecule has 2 amide bonds. The second-order valence-electron chi connectivity index (χ2n) is 9.85. The fourth-order valence-electron chi connectivity index (χ4n) is 6.30. The SMILES string of the molecule is O=C1C=C(Br)C(=O)C2=C1C(c1ccc(O)cc1Cl)C1=CCC3C(=O)N(Cc4ccccc4)C(=O)C3C1C2. The van der Waals surface area contributed by atoms with E-state index in [1.165, 1.54) is 23.1 Å². The summed E-state index contributed by atoms with van der Waals surface area (Å²) in [5.41, 5.74) is 2.95. The highest BCUT2D eigenvalue weighted by Gasteiger charge is 2.56. The molecule has 4 atom stereocenters. The molecule has 1 fully saturated rings. The minimum absolute atomic E-state index is 0.0187. The van der Waals surface area contributed by atoms with E-state index in [9.17, 15) is 24.3 Å². The second-order valence-corrected chi connectivity index (χ2v) is 11.1. The normalized spacial score (nSPS) is 27.0. The second kappa shape index (κ2) is 8.92. The van der Waals surface area contributed by atoms with E-state index in [0.717, 1.165) is 11.1 Å². The largest absolute Gasteiger partial charge is 0.508 e. The summed E-state index contributed by atoms with van der Waals surface area (Å²) in [5, 5.41) is 10.2. The summed E-state index contributed by atoms with van der Waals surface area (Å²) in [7, 11) is 0. The Morgan fingerprint density at radius 2 is 1.76 bits per heavy atom. The Morgan fingerprint density at radius 1 is 1.00 bits per heavy atom. The first-order chi connectivity index (χ1) is 17.8. The van der Waals surface area contributed by atoms with Crippen LogP contribution < -0.4 is 0 Å². The molecule has 0 spiro atoms. The number of benzene rings is 2. The van der Waals surface area contributed by atoms with E-state index in [0.29, 0.717) is 23.1 Å². The van der Waals surface area contributed by atoms with Crippen LogP contribution in [0.25, 0.3) is 0 Å². The molecule has 1 aliphatic heterocycles. The molecule has 0 aromatic heterocycles. The topological polar surface area (TPSA) is 91.8 Å². The van der Waals surface area contributed by atoms with Gasteiger partial charge >= 0.3 is 0 Å². The molecule has 6 nitrogen and oxygen atoms in total. The van der Waals surface area contributed by atoms with Crippen molar-refractivity contribution in [1.29, 1.82) is 0 Å². The number of ketones is 2. The summed E-state index contributed by atoms with van der Waals surface area (Å²) in [6, 6.07) is 13.9. The Kier molecular flexibility index (Phi) is 5.81. The zero-order chi connectivity index (χ0) is 26.0. The highest BCUT2D eigenvalue weighted by molar-refractivity contribution is 9.12. The fourth-order valence-corrected chi connectivity index (χ4v) is 7.03. The number of fused-ring (bicyclic) bond motifs is 3. The van der Waals surface area contributed by atoms with Crippen molar-refractivity contribution in [2.45, 2.75) is 25.3 Å². The van der Waals surface area contributed by atoms with Crippen molar-refractivity contribution in [2.24, 2.45) is 17.8 Å². The van der Waals surface area contributed by atoms with Gasteiger partial charge in [0.05, 0.1) is 22.9 Å². The lowest BCUT2D eigenvalue weighted by atomic mass is 9.59. The number of likely N-dealkylation sites (tertiary alicyclic amines) is 1. The number of phenols is 1. The van der Waals surface area contributed by atoms with Crippen LogP contribution in [0.3, 0.4) is 0 Å². The third-order valence-corrected chi connectivity index (χ3v) is 8.82. The number of Topliss-reactive ketones (excluding diaryl/α,β-unsaturated/α-hetero) is 1. The van der Waals surface area contributed by atoms with E-state index in [4.69, 9.17) is 11.6 Å². The highest BCUT2D eigenvalue weighted by atomic mass is 79.9. The molecule has 4 aliphatic rings. The molecule has 4 unspecified atom stereocenters. The van der Waals surface area contributed by atoms with Crippen LogP contribution in [0.5, 0.6) is 5.75 Å². The number of carbonyl (C=O) groups excluding carboxylic acids is 4. The first-order valence-electron chi connectivity index (χ1n) is 12.0. The quantitative estimate of drug-likeness (QED) is 0.314. The van der Waals surface area contributed by atoms with Gasteiger partial charge in [0.1, 0.15) is 5.75 Å². The number of nitrogens with zero attached hydrogens (tertiary/aromatic N) is 1. The number of imide groups is 1. The summed E-state index contributed by atoms with van der Waals surface area (Å²) in [5.74, 6) is -3.30. The number of hydrogen-bond acceptors (Lipinski definition) is 5. The maximum Gasteiger partial charge on any atom is 0.234 e. The molecule has 3 aliphatic carbocycles. The molecule has 1 saturated heterocycles. The number of carbonyl (C=O) groups is 4. The maximum absolute atomic E-state index is 13.8. The molecule has 0 radical (unpaired) electrons. The van der Waals surface area contributed by atoms with E-state index in [2.05, 4.69) is 15.9 Å². The van der Waals surface area contributed by atoms with Gasteiger partial charge in [0.2, 0.25) is 11.8 Å². The molecule has 37 heavy (non-hydrogen) atoms. The standard InChI is InChI=1S/C29H21BrClNO5/c30-21-12-23(34)26-20(27(21)35)11-19-16(24(26)17-7-6-15(33)10-22(17)31)8-9-18-25(19)29(37)32(28(18)36)13-14-4-2-1-3-5-14/h1-8,10,12,18-19,24-25,33H,9,11,13H2. The Morgan fingerprint density at radius 3 is 2.49 bits per heavy atom. The number of allylic oxidation sites excluding steroid dienone is 6. The van der Waals surface area contributed by atoms with Crippen molar-refractivity contribution in [1.82, 2.24) is 4.90 Å². The summed E-state index contributed by atoms with van der Waals surface area (Å²) in [4.78, 5) is 55.0. The Hall–Kier alpha value is -3.29. The van der Waals surface area contributed by atoms with Crippen LogP contribution in [0, 0.1) is 17.8 Å². The molecule has 0 saturated carbocycles. The van der Waals surface area contributed by atoms with E-state index in [1.54, 1.807) is 6.07 Å². The Labute approximate surface area is 226 Å². The molecule has 8 heteroatoms. The zero-order valence-electron chi connectivity index (χ0n) is 19.5. The van der Waals surface area contributed by atoms with Gasteiger partial charge in [0.15, 0.2) is 11.6 Å². The maximum atomic E-state index is 13.8. The number of amides is 2. The lowest BCUT2D eigenvalue weighted by Crippen LogP contribution is -2.39. The van der Waals surface area contributed by atoms with Crippen LogP contribution in [-0.4, -0.2) is 33.4 Å². The van der Waals surface area contributed by atoms with Gasteiger partial charge < -0.3 is 5.11 Å². The highest BCUT2D eigenvalue weighted by Crippen LogP contribution is 2.56. The van der Waals surface area contributed by atoms with Crippen molar-refractivity contribution >= 4 is 50.9 Å². The Balaban J connectivity index is 1.46. The van der Waals surface area contributed by atoms with E-state index >= 15 is 0 Å². The summed E-state index contributed by atoms with van der Waals surface area (Å²) in [6.45, 7) is 0.195. The Bertz CT molecular complexity index is 1490. The summed E-state index contributed by atoms with van der Waals surface area (Å²) in [6.07, 6.45) is 3.79. The van der Waals surface area contributed by atoms with Gasteiger partial charge in [-0.3, -0.25) is 24.1 Å². The predicted molar refractivity (Wildman–Crippen MR) is 140 cm³/mol. The van der Waals surface area contributed by atoms with Crippen molar-refractivity contribution in [3.63, 3.8) is 0 Å². The summed E-state index contributed by atoms with van der Waals surface area (Å²) < 4.78 is 0.172. The summed E-state index contributed by atoms with van der Waals surface area (Å²) >= 11 is 9.78. The van der Waals surface area contributed by atoms with Gasteiger partial charge in [-0.2, -0.15) is 0 Å². The first-order valence-corrected chi connectivity index (χ1v) is 13.2. The molecule has 2 aromatic carbocycles. The van der Waals surface area contributed by atoms with Crippen LogP contribution >= 0.6 is 27.5 Å². The number of aromatic hydroxyl groups is 1. The number of phenolic OH excluding ortho intramolecular Hbond substituents is 1. The van der Waals surface area contributed by atoms with Crippen molar-refractivity contribution in [3.8, 4) is 5.75 Å². The van der Waals surface area contributed by atoms with E-state index in [-0.39, 0.29) is 51.6 Å². The van der Waals surface area contributed by atoms with E-state index < -0.39 is 23.7 Å². The minimum atomic E-state index is -0.651. The van der Waals surface area contributed by atoms with Gasteiger partial charge in [-0.25, -0.2) is 0 Å². The van der Waals surface area contributed by atoms with Gasteiger partial charge in [-0.05, 0) is 57.9 Å². The third-order valence-electron chi connectivity index (χ3n) is 7.90. The molecular weight excluding hydrogens is 558 g/mol. The number of rotatable bonds is 3. The molecule has 1 N–H and O–H groups in total. The minimum Gasteiger partial charge on any atom is -0.508 e. The van der Waals surface area contributed by atoms with Crippen LogP contribution in [0.1, 0.15) is 29.9 Å². The van der Waals surface area contributed by atoms with Crippen LogP contribution in [0.15, 0.2) is 81.9 Å². The van der Waals surface area contributed by atoms with Gasteiger partial charge in [0, 0.05) is 28.2 Å².